The molecule has 0 bridgehead atoms. The lowest BCUT2D eigenvalue weighted by molar-refractivity contribution is -0.201. The van der Waals surface area contributed by atoms with E-state index < -0.39 is 5.79 Å². The van der Waals surface area contributed by atoms with Crippen molar-refractivity contribution in [2.75, 3.05) is 14.2 Å². The molecule has 0 aromatic heterocycles. The van der Waals surface area contributed by atoms with Gasteiger partial charge in [0.1, 0.15) is 0 Å². The van der Waals surface area contributed by atoms with E-state index in [0.29, 0.717) is 11.6 Å². The van der Waals surface area contributed by atoms with Crippen molar-refractivity contribution in [2.24, 2.45) is 0 Å². The SMILES string of the molecule is CC.COC(C)(OC)c1ccc(-c2cccc(C(=O)NC3CCCCC3)c2)cc1. The van der Waals surface area contributed by atoms with E-state index in [1.54, 1.807) is 14.2 Å². The first-order valence-corrected chi connectivity index (χ1v) is 10.7. The van der Waals surface area contributed by atoms with Crippen LogP contribution in [-0.2, 0) is 15.3 Å². The Labute approximate surface area is 175 Å². The number of amides is 1. The van der Waals surface area contributed by atoms with Gasteiger partial charge in [0.25, 0.3) is 5.91 Å². The monoisotopic (exact) mass is 397 g/mol. The minimum atomic E-state index is -0.764. The van der Waals surface area contributed by atoms with Crippen molar-refractivity contribution in [3.63, 3.8) is 0 Å². The molecule has 1 aliphatic rings. The van der Waals surface area contributed by atoms with Gasteiger partial charge in [-0.25, -0.2) is 0 Å². The zero-order valence-electron chi connectivity index (χ0n) is 18.5. The molecular formula is C25H35NO3. The van der Waals surface area contributed by atoms with Crippen molar-refractivity contribution in [2.45, 2.75) is 64.7 Å². The lowest BCUT2D eigenvalue weighted by Crippen LogP contribution is -2.36. The van der Waals surface area contributed by atoms with Gasteiger partial charge in [0.15, 0.2) is 5.79 Å². The third-order valence-corrected chi connectivity index (χ3v) is 5.59. The van der Waals surface area contributed by atoms with Crippen LogP contribution in [-0.4, -0.2) is 26.2 Å². The van der Waals surface area contributed by atoms with Gasteiger partial charge in [-0.05, 0) is 43.0 Å². The summed E-state index contributed by atoms with van der Waals surface area (Å²) in [5, 5.41) is 3.19. The van der Waals surface area contributed by atoms with Crippen LogP contribution in [0.4, 0.5) is 0 Å². The summed E-state index contributed by atoms with van der Waals surface area (Å²) >= 11 is 0. The zero-order valence-corrected chi connectivity index (χ0v) is 18.5. The molecule has 0 spiro atoms. The molecule has 0 unspecified atom stereocenters. The van der Waals surface area contributed by atoms with Crippen LogP contribution in [0.25, 0.3) is 11.1 Å². The number of carbonyl (C=O) groups excluding carboxylic acids is 1. The van der Waals surface area contributed by atoms with Gasteiger partial charge < -0.3 is 14.8 Å². The number of carbonyl (C=O) groups is 1. The van der Waals surface area contributed by atoms with E-state index in [1.165, 1.54) is 19.3 Å². The molecule has 0 aliphatic heterocycles. The van der Waals surface area contributed by atoms with E-state index in [-0.39, 0.29) is 5.91 Å². The number of hydrogen-bond acceptors (Lipinski definition) is 3. The standard InChI is InChI=1S/C23H29NO3.C2H6/c1-23(26-2,27-3)20-14-12-17(13-15-20)18-8-7-9-19(16-18)22(25)24-21-10-5-4-6-11-21;1-2/h7-9,12-16,21H,4-6,10-11H2,1-3H3,(H,24,25);1-2H3. The topological polar surface area (TPSA) is 47.6 Å². The van der Waals surface area contributed by atoms with E-state index in [4.69, 9.17) is 9.47 Å². The molecule has 29 heavy (non-hydrogen) atoms. The summed E-state index contributed by atoms with van der Waals surface area (Å²) in [6.45, 7) is 5.89. The van der Waals surface area contributed by atoms with Gasteiger partial charge in [-0.1, -0.05) is 69.5 Å². The van der Waals surface area contributed by atoms with Gasteiger partial charge in [0.2, 0.25) is 0 Å². The van der Waals surface area contributed by atoms with Crippen molar-refractivity contribution < 1.29 is 14.3 Å². The highest BCUT2D eigenvalue weighted by atomic mass is 16.7. The van der Waals surface area contributed by atoms with E-state index in [2.05, 4.69) is 5.32 Å². The minimum Gasteiger partial charge on any atom is -0.349 e. The lowest BCUT2D eigenvalue weighted by Gasteiger charge is -2.26. The summed E-state index contributed by atoms with van der Waals surface area (Å²) in [6, 6.07) is 16.2. The molecule has 2 aromatic rings. The van der Waals surface area contributed by atoms with Crippen molar-refractivity contribution in [1.29, 1.82) is 0 Å². The summed E-state index contributed by atoms with van der Waals surface area (Å²) in [5.74, 6) is -0.744. The van der Waals surface area contributed by atoms with Crippen LogP contribution in [0, 0.1) is 0 Å². The number of benzene rings is 2. The number of ether oxygens (including phenoxy) is 2. The smallest absolute Gasteiger partial charge is 0.251 e. The van der Waals surface area contributed by atoms with Gasteiger partial charge in [-0.2, -0.15) is 0 Å². The van der Waals surface area contributed by atoms with Crippen LogP contribution in [0.5, 0.6) is 0 Å². The highest BCUT2D eigenvalue weighted by Crippen LogP contribution is 2.28. The second kappa shape index (κ2) is 11.1. The van der Waals surface area contributed by atoms with Gasteiger partial charge in [0.05, 0.1) is 0 Å². The Kier molecular flexibility index (Phi) is 8.87. The summed E-state index contributed by atoms with van der Waals surface area (Å²) in [5.41, 5.74) is 3.73. The Morgan fingerprint density at radius 3 is 2.14 bits per heavy atom. The van der Waals surface area contributed by atoms with Gasteiger partial charge in [0, 0.05) is 31.4 Å². The first kappa shape index (κ1) is 23.1. The molecule has 4 heteroatoms. The molecule has 158 valence electrons. The Morgan fingerprint density at radius 1 is 0.931 bits per heavy atom. The molecular weight excluding hydrogens is 362 g/mol. The Bertz CT molecular complexity index is 760. The largest absolute Gasteiger partial charge is 0.349 e. The van der Waals surface area contributed by atoms with Gasteiger partial charge >= 0.3 is 0 Å². The molecule has 0 saturated heterocycles. The Morgan fingerprint density at radius 2 is 1.55 bits per heavy atom. The van der Waals surface area contributed by atoms with Crippen molar-refractivity contribution in [3.05, 3.63) is 59.7 Å². The molecule has 3 rings (SSSR count). The fourth-order valence-electron chi connectivity index (χ4n) is 3.64. The predicted octanol–water partition coefficient (Wildman–Crippen LogP) is 5.91. The average Bonchev–Trinajstić information content (AvgIpc) is 2.80. The first-order valence-electron chi connectivity index (χ1n) is 10.7. The van der Waals surface area contributed by atoms with Crippen LogP contribution in [0.15, 0.2) is 48.5 Å². The second-order valence-corrected chi connectivity index (χ2v) is 7.32. The molecule has 0 heterocycles. The van der Waals surface area contributed by atoms with Crippen LogP contribution >= 0.6 is 0 Å². The summed E-state index contributed by atoms with van der Waals surface area (Å²) in [6.07, 6.45) is 5.87. The maximum absolute atomic E-state index is 12.6. The van der Waals surface area contributed by atoms with E-state index >= 15 is 0 Å². The maximum Gasteiger partial charge on any atom is 0.251 e. The highest BCUT2D eigenvalue weighted by molar-refractivity contribution is 5.95. The Balaban J connectivity index is 0.00000145. The summed E-state index contributed by atoms with van der Waals surface area (Å²) in [7, 11) is 3.26. The summed E-state index contributed by atoms with van der Waals surface area (Å²) in [4.78, 5) is 12.6. The fraction of sp³-hybridized carbons (Fsp3) is 0.480. The Hall–Kier alpha value is -2.17. The van der Waals surface area contributed by atoms with Crippen LogP contribution in [0.3, 0.4) is 0 Å². The van der Waals surface area contributed by atoms with Crippen molar-refractivity contribution in [1.82, 2.24) is 5.32 Å². The van der Waals surface area contributed by atoms with Crippen LogP contribution in [0.2, 0.25) is 0 Å². The quantitative estimate of drug-likeness (QED) is 0.617. The normalized spacial score (nSPS) is 14.7. The second-order valence-electron chi connectivity index (χ2n) is 7.32. The van der Waals surface area contributed by atoms with E-state index in [9.17, 15) is 4.79 Å². The molecule has 4 nitrogen and oxygen atoms in total. The first-order chi connectivity index (χ1) is 14.1. The molecule has 1 aliphatic carbocycles. The molecule has 1 amide bonds. The van der Waals surface area contributed by atoms with Crippen LogP contribution < -0.4 is 5.32 Å². The molecule has 1 N–H and O–H groups in total. The predicted molar refractivity (Wildman–Crippen MR) is 119 cm³/mol. The van der Waals surface area contributed by atoms with Gasteiger partial charge in [-0.15, -0.1) is 0 Å². The van der Waals surface area contributed by atoms with Gasteiger partial charge in [-0.3, -0.25) is 4.79 Å². The average molecular weight is 398 g/mol. The maximum atomic E-state index is 12.6. The van der Waals surface area contributed by atoms with Crippen LogP contribution in [0.1, 0.15) is 68.8 Å². The van der Waals surface area contributed by atoms with E-state index in [1.807, 2.05) is 69.3 Å². The zero-order chi connectivity index (χ0) is 21.3. The minimum absolute atomic E-state index is 0.0201. The lowest BCUT2D eigenvalue weighted by atomic mass is 9.95. The van der Waals surface area contributed by atoms with Crippen molar-refractivity contribution in [3.8, 4) is 11.1 Å². The third-order valence-electron chi connectivity index (χ3n) is 5.59. The number of nitrogens with one attached hydrogen (secondary N) is 1. The third kappa shape index (κ3) is 5.91. The number of rotatable bonds is 6. The van der Waals surface area contributed by atoms with Crippen molar-refractivity contribution >= 4 is 5.91 Å². The number of methoxy groups -OCH3 is 2. The fourth-order valence-corrected chi connectivity index (χ4v) is 3.64. The molecule has 0 radical (unpaired) electrons. The molecule has 0 atom stereocenters. The summed E-state index contributed by atoms with van der Waals surface area (Å²) < 4.78 is 10.9. The molecule has 2 aromatic carbocycles. The highest BCUT2D eigenvalue weighted by Gasteiger charge is 2.25. The molecule has 1 fully saturated rings. The number of hydrogen-bond donors (Lipinski definition) is 1. The van der Waals surface area contributed by atoms with E-state index in [0.717, 1.165) is 29.5 Å². The molecule has 1 saturated carbocycles.